The third-order valence-corrected chi connectivity index (χ3v) is 3.97. The van der Waals surface area contributed by atoms with Crippen molar-refractivity contribution in [3.8, 4) is 0 Å². The van der Waals surface area contributed by atoms with E-state index in [2.05, 4.69) is 57.2 Å². The number of ether oxygens (including phenoxy) is 2. The summed E-state index contributed by atoms with van der Waals surface area (Å²) in [6.45, 7) is 9.21. The highest BCUT2D eigenvalue weighted by Crippen LogP contribution is 2.15. The van der Waals surface area contributed by atoms with E-state index in [1.807, 2.05) is 6.07 Å². The van der Waals surface area contributed by atoms with E-state index in [0.29, 0.717) is 19.8 Å². The number of benzene rings is 1. The number of rotatable bonds is 11. The van der Waals surface area contributed by atoms with Gasteiger partial charge in [0.05, 0.1) is 30.9 Å². The van der Waals surface area contributed by atoms with Crippen LogP contribution >= 0.6 is 24.0 Å². The van der Waals surface area contributed by atoms with Crippen molar-refractivity contribution in [2.45, 2.75) is 26.8 Å². The van der Waals surface area contributed by atoms with E-state index >= 15 is 0 Å². The fourth-order valence-corrected chi connectivity index (χ4v) is 2.73. The fourth-order valence-electron chi connectivity index (χ4n) is 2.73. The summed E-state index contributed by atoms with van der Waals surface area (Å²) in [7, 11) is 1.67. The first-order valence-electron chi connectivity index (χ1n) is 9.27. The van der Waals surface area contributed by atoms with Gasteiger partial charge in [0.25, 0.3) is 0 Å². The van der Waals surface area contributed by atoms with Gasteiger partial charge >= 0.3 is 0 Å². The SMILES string of the molecule is CCNC(=NCCCn1c(C)nc2ccccc21)NCCOCCOC.I. The van der Waals surface area contributed by atoms with Crippen molar-refractivity contribution >= 4 is 41.0 Å². The second-order valence-electron chi connectivity index (χ2n) is 5.95. The van der Waals surface area contributed by atoms with E-state index in [0.717, 1.165) is 49.9 Å². The van der Waals surface area contributed by atoms with Gasteiger partial charge in [-0.1, -0.05) is 12.1 Å². The zero-order chi connectivity index (χ0) is 18.6. The summed E-state index contributed by atoms with van der Waals surface area (Å²) < 4.78 is 12.7. The number of aryl methyl sites for hydroxylation is 2. The molecule has 0 fully saturated rings. The Balaban J connectivity index is 0.00000364. The van der Waals surface area contributed by atoms with E-state index in [1.54, 1.807) is 7.11 Å². The van der Waals surface area contributed by atoms with Gasteiger partial charge in [0.15, 0.2) is 5.96 Å². The number of methoxy groups -OCH3 is 1. The summed E-state index contributed by atoms with van der Waals surface area (Å²) in [6, 6.07) is 8.25. The highest BCUT2D eigenvalue weighted by atomic mass is 127. The van der Waals surface area contributed by atoms with Crippen molar-refractivity contribution in [3.63, 3.8) is 0 Å². The number of aromatic nitrogens is 2. The molecule has 0 saturated carbocycles. The fraction of sp³-hybridized carbons (Fsp3) is 0.579. The molecule has 8 heteroatoms. The van der Waals surface area contributed by atoms with Crippen molar-refractivity contribution in [3.05, 3.63) is 30.1 Å². The highest BCUT2D eigenvalue weighted by molar-refractivity contribution is 14.0. The molecular formula is C19H32IN5O2. The Hall–Kier alpha value is -1.39. The van der Waals surface area contributed by atoms with Gasteiger partial charge in [0.1, 0.15) is 5.82 Å². The average Bonchev–Trinajstić information content (AvgIpc) is 2.96. The molecule has 0 aliphatic rings. The Kier molecular flexibility index (Phi) is 12.0. The summed E-state index contributed by atoms with van der Waals surface area (Å²) >= 11 is 0. The molecule has 0 aliphatic heterocycles. The molecule has 0 radical (unpaired) electrons. The molecule has 1 heterocycles. The lowest BCUT2D eigenvalue weighted by Gasteiger charge is -2.12. The van der Waals surface area contributed by atoms with Crippen LogP contribution in [0.25, 0.3) is 11.0 Å². The molecule has 0 amide bonds. The molecule has 27 heavy (non-hydrogen) atoms. The zero-order valence-electron chi connectivity index (χ0n) is 16.5. The lowest BCUT2D eigenvalue weighted by molar-refractivity contribution is 0.0733. The summed E-state index contributed by atoms with van der Waals surface area (Å²) in [6.07, 6.45) is 0.960. The van der Waals surface area contributed by atoms with E-state index in [-0.39, 0.29) is 24.0 Å². The quantitative estimate of drug-likeness (QED) is 0.220. The molecule has 0 aliphatic carbocycles. The third-order valence-electron chi connectivity index (χ3n) is 3.97. The largest absolute Gasteiger partial charge is 0.382 e. The van der Waals surface area contributed by atoms with Gasteiger partial charge in [-0.2, -0.15) is 0 Å². The molecule has 1 aromatic heterocycles. The minimum atomic E-state index is 0. The van der Waals surface area contributed by atoms with Crippen LogP contribution in [-0.2, 0) is 16.0 Å². The van der Waals surface area contributed by atoms with Gasteiger partial charge < -0.3 is 24.7 Å². The van der Waals surface area contributed by atoms with E-state index in [9.17, 15) is 0 Å². The third kappa shape index (κ3) is 8.02. The number of fused-ring (bicyclic) bond motifs is 1. The summed E-state index contributed by atoms with van der Waals surface area (Å²) in [5, 5.41) is 6.55. The van der Waals surface area contributed by atoms with Crippen molar-refractivity contribution in [2.24, 2.45) is 4.99 Å². The average molecular weight is 489 g/mol. The second kappa shape index (κ2) is 13.7. The maximum atomic E-state index is 5.45. The van der Waals surface area contributed by atoms with Crippen LogP contribution in [0, 0.1) is 6.92 Å². The lowest BCUT2D eigenvalue weighted by Crippen LogP contribution is -2.39. The number of para-hydroxylation sites is 2. The van der Waals surface area contributed by atoms with Crippen LogP contribution in [0.1, 0.15) is 19.2 Å². The molecule has 0 unspecified atom stereocenters. The molecule has 2 aromatic rings. The van der Waals surface area contributed by atoms with Crippen molar-refractivity contribution in [1.82, 2.24) is 20.2 Å². The lowest BCUT2D eigenvalue weighted by atomic mass is 10.3. The van der Waals surface area contributed by atoms with Gasteiger partial charge in [-0.05, 0) is 32.4 Å². The van der Waals surface area contributed by atoms with Gasteiger partial charge in [-0.25, -0.2) is 4.98 Å². The van der Waals surface area contributed by atoms with Crippen molar-refractivity contribution < 1.29 is 9.47 Å². The number of nitrogens with zero attached hydrogens (tertiary/aromatic N) is 3. The Morgan fingerprint density at radius 2 is 2.00 bits per heavy atom. The molecule has 152 valence electrons. The summed E-state index contributed by atoms with van der Waals surface area (Å²) in [4.78, 5) is 9.24. The maximum absolute atomic E-state index is 5.45. The van der Waals surface area contributed by atoms with E-state index in [1.165, 1.54) is 5.52 Å². The molecular weight excluding hydrogens is 457 g/mol. The highest BCUT2D eigenvalue weighted by Gasteiger charge is 2.05. The van der Waals surface area contributed by atoms with E-state index < -0.39 is 0 Å². The first-order chi connectivity index (χ1) is 12.8. The van der Waals surface area contributed by atoms with Crippen molar-refractivity contribution in [2.75, 3.05) is 46.6 Å². The predicted octanol–water partition coefficient (Wildman–Crippen LogP) is 2.57. The molecule has 0 spiro atoms. The number of nitrogens with one attached hydrogen (secondary N) is 2. The standard InChI is InChI=1S/C19H31N5O2.HI/c1-4-20-19(22-11-13-26-15-14-25-3)21-10-7-12-24-16(2)23-17-8-5-6-9-18(17)24;/h5-6,8-9H,4,7,10-15H2,1-3H3,(H2,20,21,22);1H. The van der Waals surface area contributed by atoms with Gasteiger partial charge in [0, 0.05) is 33.3 Å². The van der Waals surface area contributed by atoms with Crippen LogP contribution in [0.5, 0.6) is 0 Å². The number of imidazole rings is 1. The normalized spacial score (nSPS) is 11.4. The van der Waals surface area contributed by atoms with Crippen LogP contribution in [0.3, 0.4) is 0 Å². The number of aliphatic imine (C=N–C) groups is 1. The van der Waals surface area contributed by atoms with Gasteiger partial charge in [-0.15, -0.1) is 24.0 Å². The van der Waals surface area contributed by atoms with Crippen LogP contribution in [-0.4, -0.2) is 62.1 Å². The first kappa shape index (κ1) is 23.6. The molecule has 0 saturated heterocycles. The summed E-state index contributed by atoms with van der Waals surface area (Å²) in [5.41, 5.74) is 2.24. The molecule has 2 N–H and O–H groups in total. The minimum absolute atomic E-state index is 0. The van der Waals surface area contributed by atoms with Gasteiger partial charge in [0.2, 0.25) is 0 Å². The first-order valence-corrected chi connectivity index (χ1v) is 9.27. The second-order valence-corrected chi connectivity index (χ2v) is 5.95. The Bertz CT molecular complexity index is 690. The topological polar surface area (TPSA) is 72.7 Å². The van der Waals surface area contributed by atoms with Crippen LogP contribution in [0.4, 0.5) is 0 Å². The minimum Gasteiger partial charge on any atom is -0.382 e. The monoisotopic (exact) mass is 489 g/mol. The predicted molar refractivity (Wildman–Crippen MR) is 121 cm³/mol. The number of hydrogen-bond donors (Lipinski definition) is 2. The Labute approximate surface area is 178 Å². The van der Waals surface area contributed by atoms with Crippen molar-refractivity contribution in [1.29, 1.82) is 0 Å². The Morgan fingerprint density at radius 1 is 1.19 bits per heavy atom. The number of halogens is 1. The maximum Gasteiger partial charge on any atom is 0.191 e. The smallest absolute Gasteiger partial charge is 0.191 e. The van der Waals surface area contributed by atoms with Gasteiger partial charge in [-0.3, -0.25) is 4.99 Å². The van der Waals surface area contributed by atoms with Crippen LogP contribution < -0.4 is 10.6 Å². The molecule has 0 bridgehead atoms. The molecule has 0 atom stereocenters. The molecule has 2 rings (SSSR count). The molecule has 1 aromatic carbocycles. The zero-order valence-corrected chi connectivity index (χ0v) is 18.9. The van der Waals surface area contributed by atoms with Crippen LogP contribution in [0.2, 0.25) is 0 Å². The summed E-state index contributed by atoms with van der Waals surface area (Å²) in [5.74, 6) is 1.88. The number of guanidine groups is 1. The Morgan fingerprint density at radius 3 is 2.78 bits per heavy atom. The van der Waals surface area contributed by atoms with E-state index in [4.69, 9.17) is 9.47 Å². The number of hydrogen-bond acceptors (Lipinski definition) is 4. The van der Waals surface area contributed by atoms with Crippen LogP contribution in [0.15, 0.2) is 29.3 Å². The molecule has 7 nitrogen and oxygen atoms in total.